The van der Waals surface area contributed by atoms with Gasteiger partial charge in [0.2, 0.25) is 0 Å². The summed E-state index contributed by atoms with van der Waals surface area (Å²) in [5.74, 6) is 0.788. The number of nitrogens with one attached hydrogen (secondary N) is 2. The number of hydrogen-bond acceptors (Lipinski definition) is 3. The molecular formula is C11H26IN3O2. The highest BCUT2D eigenvalue weighted by atomic mass is 127. The number of nitrogens with zero attached hydrogens (tertiary/aromatic N) is 1. The maximum absolute atomic E-state index is 5.42. The molecule has 0 aromatic rings. The average Bonchev–Trinajstić information content (AvgIpc) is 2.31. The van der Waals surface area contributed by atoms with Crippen LogP contribution >= 0.6 is 24.0 Å². The monoisotopic (exact) mass is 359 g/mol. The molecule has 0 aromatic carbocycles. The van der Waals surface area contributed by atoms with E-state index >= 15 is 0 Å². The van der Waals surface area contributed by atoms with Crippen LogP contribution in [0.3, 0.4) is 0 Å². The van der Waals surface area contributed by atoms with Crippen molar-refractivity contribution >= 4 is 29.9 Å². The summed E-state index contributed by atoms with van der Waals surface area (Å²) in [6.45, 7) is 5.92. The second-order valence-electron chi connectivity index (χ2n) is 3.38. The predicted octanol–water partition coefficient (Wildman–Crippen LogP) is 1.23. The van der Waals surface area contributed by atoms with Gasteiger partial charge in [0.25, 0.3) is 0 Å². The maximum atomic E-state index is 5.42. The zero-order valence-corrected chi connectivity index (χ0v) is 13.5. The highest BCUT2D eigenvalue weighted by Gasteiger charge is 1.95. The van der Waals surface area contributed by atoms with Crippen LogP contribution < -0.4 is 10.6 Å². The lowest BCUT2D eigenvalue weighted by atomic mass is 10.4. The second-order valence-corrected chi connectivity index (χ2v) is 3.38. The van der Waals surface area contributed by atoms with Crippen molar-refractivity contribution in [3.05, 3.63) is 0 Å². The predicted molar refractivity (Wildman–Crippen MR) is 82.4 cm³/mol. The first-order valence-corrected chi connectivity index (χ1v) is 5.86. The molecule has 0 bridgehead atoms. The Hall–Kier alpha value is -0.0800. The summed E-state index contributed by atoms with van der Waals surface area (Å²) < 4.78 is 10.4. The van der Waals surface area contributed by atoms with Crippen molar-refractivity contribution < 1.29 is 9.47 Å². The van der Waals surface area contributed by atoms with E-state index in [1.165, 1.54) is 6.42 Å². The third kappa shape index (κ3) is 13.9. The number of rotatable bonds is 9. The molecule has 0 amide bonds. The van der Waals surface area contributed by atoms with Crippen LogP contribution in [0.1, 0.15) is 19.8 Å². The van der Waals surface area contributed by atoms with E-state index in [-0.39, 0.29) is 24.0 Å². The Bertz CT molecular complexity index is 180. The first kappa shape index (κ1) is 19.3. The summed E-state index contributed by atoms with van der Waals surface area (Å²) in [5, 5.41) is 6.29. The minimum absolute atomic E-state index is 0. The molecule has 0 saturated carbocycles. The summed E-state index contributed by atoms with van der Waals surface area (Å²) >= 11 is 0. The maximum Gasteiger partial charge on any atom is 0.191 e. The molecule has 0 aliphatic rings. The van der Waals surface area contributed by atoms with Gasteiger partial charge in [-0.15, -0.1) is 24.0 Å². The van der Waals surface area contributed by atoms with Gasteiger partial charge in [-0.1, -0.05) is 13.3 Å². The van der Waals surface area contributed by atoms with Gasteiger partial charge in [0.15, 0.2) is 5.96 Å². The van der Waals surface area contributed by atoms with Gasteiger partial charge in [-0.3, -0.25) is 4.99 Å². The van der Waals surface area contributed by atoms with E-state index in [0.717, 1.165) is 32.1 Å². The van der Waals surface area contributed by atoms with Crippen LogP contribution in [0.4, 0.5) is 0 Å². The standard InChI is InChI=1S/C11H25N3O2.HI/c1-4-5-8-16-10-7-14-11(12-2)13-6-9-15-3;/h4-10H2,1-3H3,(H2,12,13,14);1H. The summed E-state index contributed by atoms with van der Waals surface area (Å²) in [6, 6.07) is 0. The first-order valence-electron chi connectivity index (χ1n) is 5.86. The number of methoxy groups -OCH3 is 1. The normalized spacial score (nSPS) is 10.9. The lowest BCUT2D eigenvalue weighted by Crippen LogP contribution is -2.40. The molecule has 0 heterocycles. The highest BCUT2D eigenvalue weighted by Crippen LogP contribution is 1.86. The van der Waals surface area contributed by atoms with E-state index < -0.39 is 0 Å². The van der Waals surface area contributed by atoms with Crippen LogP contribution in [0.2, 0.25) is 0 Å². The SMILES string of the molecule is CCCCOCCNC(=NC)NCCOC.I. The minimum Gasteiger partial charge on any atom is -0.383 e. The Labute approximate surface area is 122 Å². The van der Waals surface area contributed by atoms with Gasteiger partial charge in [-0.2, -0.15) is 0 Å². The molecule has 17 heavy (non-hydrogen) atoms. The Morgan fingerprint density at radius 3 is 2.29 bits per heavy atom. The first-order chi connectivity index (χ1) is 7.85. The molecule has 0 radical (unpaired) electrons. The van der Waals surface area contributed by atoms with E-state index in [1.54, 1.807) is 14.2 Å². The Morgan fingerprint density at radius 1 is 1.12 bits per heavy atom. The molecule has 2 N–H and O–H groups in total. The van der Waals surface area contributed by atoms with E-state index in [0.29, 0.717) is 13.2 Å². The van der Waals surface area contributed by atoms with Crippen molar-refractivity contribution in [1.29, 1.82) is 0 Å². The van der Waals surface area contributed by atoms with E-state index in [1.807, 2.05) is 0 Å². The molecule has 0 atom stereocenters. The molecule has 104 valence electrons. The van der Waals surface area contributed by atoms with Gasteiger partial charge >= 0.3 is 0 Å². The zero-order chi connectivity index (χ0) is 12.1. The number of guanidine groups is 1. The number of halogens is 1. The van der Waals surface area contributed by atoms with Gasteiger partial charge in [0.05, 0.1) is 13.2 Å². The van der Waals surface area contributed by atoms with Crippen LogP contribution in [-0.2, 0) is 9.47 Å². The molecular weight excluding hydrogens is 333 g/mol. The molecule has 0 aliphatic carbocycles. The molecule has 5 nitrogen and oxygen atoms in total. The van der Waals surface area contributed by atoms with Gasteiger partial charge in [-0.25, -0.2) is 0 Å². The average molecular weight is 359 g/mol. The fraction of sp³-hybridized carbons (Fsp3) is 0.909. The van der Waals surface area contributed by atoms with Crippen molar-refractivity contribution in [2.45, 2.75) is 19.8 Å². The van der Waals surface area contributed by atoms with Gasteiger partial charge in [0.1, 0.15) is 0 Å². The number of hydrogen-bond donors (Lipinski definition) is 2. The van der Waals surface area contributed by atoms with Crippen molar-refractivity contribution in [3.63, 3.8) is 0 Å². The lowest BCUT2D eigenvalue weighted by Gasteiger charge is -2.11. The third-order valence-electron chi connectivity index (χ3n) is 2.00. The van der Waals surface area contributed by atoms with Crippen LogP contribution in [0.5, 0.6) is 0 Å². The minimum atomic E-state index is 0. The summed E-state index contributed by atoms with van der Waals surface area (Å²) in [7, 11) is 3.43. The molecule has 0 saturated heterocycles. The molecule has 6 heteroatoms. The molecule has 0 spiro atoms. The number of aliphatic imine (C=N–C) groups is 1. The van der Waals surface area contributed by atoms with Gasteiger partial charge < -0.3 is 20.1 Å². The van der Waals surface area contributed by atoms with Crippen molar-refractivity contribution in [3.8, 4) is 0 Å². The molecule has 0 aromatic heterocycles. The summed E-state index contributed by atoms with van der Waals surface area (Å²) in [5.41, 5.74) is 0. The molecule has 0 fully saturated rings. The van der Waals surface area contributed by atoms with Crippen molar-refractivity contribution in [1.82, 2.24) is 10.6 Å². The van der Waals surface area contributed by atoms with Crippen LogP contribution in [0, 0.1) is 0 Å². The highest BCUT2D eigenvalue weighted by molar-refractivity contribution is 14.0. The second kappa shape index (κ2) is 15.9. The van der Waals surface area contributed by atoms with Crippen LogP contribution in [0.15, 0.2) is 4.99 Å². The van der Waals surface area contributed by atoms with Crippen LogP contribution in [0.25, 0.3) is 0 Å². The topological polar surface area (TPSA) is 54.9 Å². The smallest absolute Gasteiger partial charge is 0.191 e. The quantitative estimate of drug-likeness (QED) is 0.282. The fourth-order valence-electron chi connectivity index (χ4n) is 1.08. The Morgan fingerprint density at radius 2 is 1.76 bits per heavy atom. The van der Waals surface area contributed by atoms with E-state index in [9.17, 15) is 0 Å². The Balaban J connectivity index is 0. The zero-order valence-electron chi connectivity index (χ0n) is 11.1. The fourth-order valence-corrected chi connectivity index (χ4v) is 1.08. The number of unbranched alkanes of at least 4 members (excludes halogenated alkanes) is 1. The summed E-state index contributed by atoms with van der Waals surface area (Å²) in [6.07, 6.45) is 2.30. The molecule has 0 unspecified atom stereocenters. The molecule has 0 rings (SSSR count). The molecule has 0 aliphatic heterocycles. The lowest BCUT2D eigenvalue weighted by molar-refractivity contribution is 0.136. The van der Waals surface area contributed by atoms with Crippen molar-refractivity contribution in [2.75, 3.05) is 47.1 Å². The Kier molecular flexibility index (Phi) is 18.0. The number of ether oxygens (including phenoxy) is 2. The van der Waals surface area contributed by atoms with E-state index in [4.69, 9.17) is 9.47 Å². The summed E-state index contributed by atoms with van der Waals surface area (Å²) in [4.78, 5) is 4.08. The van der Waals surface area contributed by atoms with Gasteiger partial charge in [0, 0.05) is 33.9 Å². The van der Waals surface area contributed by atoms with E-state index in [2.05, 4.69) is 22.5 Å². The van der Waals surface area contributed by atoms with Crippen molar-refractivity contribution in [2.24, 2.45) is 4.99 Å². The largest absolute Gasteiger partial charge is 0.383 e. The third-order valence-corrected chi connectivity index (χ3v) is 2.00. The van der Waals surface area contributed by atoms with Gasteiger partial charge in [-0.05, 0) is 6.42 Å². The van der Waals surface area contributed by atoms with Crippen LogP contribution in [-0.4, -0.2) is 53.0 Å².